The number of nitrogens with zero attached hydrogens (tertiary/aromatic N) is 1. The van der Waals surface area contributed by atoms with Gasteiger partial charge in [-0.2, -0.15) is 0 Å². The molecule has 0 fully saturated rings. The Hall–Kier alpha value is -1.13. The monoisotopic (exact) mass is 269 g/mol. The summed E-state index contributed by atoms with van der Waals surface area (Å²) >= 11 is 5.99. The zero-order valence-corrected chi connectivity index (χ0v) is 12.0. The van der Waals surface area contributed by atoms with E-state index in [9.17, 15) is 4.79 Å². The number of carbonyl (C=O) groups excluding carboxylic acids is 1. The first kappa shape index (κ1) is 14.9. The van der Waals surface area contributed by atoms with Crippen LogP contribution in [0.2, 0.25) is 5.02 Å². The number of rotatable bonds is 4. The van der Waals surface area contributed by atoms with Crippen molar-refractivity contribution in [3.63, 3.8) is 0 Å². The SMILES string of the molecule is CC(NCc1ccncc1Cl)C(=O)NC(C)(C)C. The molecule has 0 aliphatic heterocycles. The third-order valence-electron chi connectivity index (χ3n) is 2.35. The maximum Gasteiger partial charge on any atom is 0.237 e. The van der Waals surface area contributed by atoms with E-state index in [0.717, 1.165) is 5.56 Å². The molecule has 4 nitrogen and oxygen atoms in total. The van der Waals surface area contributed by atoms with Crippen LogP contribution in [0.3, 0.4) is 0 Å². The maximum absolute atomic E-state index is 11.8. The molecule has 0 bridgehead atoms. The van der Waals surface area contributed by atoms with Crippen molar-refractivity contribution in [1.82, 2.24) is 15.6 Å². The fourth-order valence-electron chi connectivity index (χ4n) is 1.38. The van der Waals surface area contributed by atoms with Crippen LogP contribution in [0.1, 0.15) is 33.3 Å². The van der Waals surface area contributed by atoms with E-state index in [4.69, 9.17) is 11.6 Å². The van der Waals surface area contributed by atoms with Gasteiger partial charge in [0, 0.05) is 24.5 Å². The van der Waals surface area contributed by atoms with Crippen molar-refractivity contribution in [1.29, 1.82) is 0 Å². The highest BCUT2D eigenvalue weighted by molar-refractivity contribution is 6.31. The number of carbonyl (C=O) groups is 1. The normalized spacial score (nSPS) is 13.2. The fourth-order valence-corrected chi connectivity index (χ4v) is 1.57. The molecule has 1 aromatic rings. The molecular formula is C13H20ClN3O. The van der Waals surface area contributed by atoms with Gasteiger partial charge in [-0.25, -0.2) is 0 Å². The van der Waals surface area contributed by atoms with Crippen LogP contribution in [0.25, 0.3) is 0 Å². The van der Waals surface area contributed by atoms with E-state index in [2.05, 4.69) is 15.6 Å². The summed E-state index contributed by atoms with van der Waals surface area (Å²) in [6, 6.07) is 1.57. The van der Waals surface area contributed by atoms with Gasteiger partial charge in [-0.05, 0) is 39.3 Å². The Labute approximate surface area is 113 Å². The maximum atomic E-state index is 11.8. The van der Waals surface area contributed by atoms with Gasteiger partial charge in [-0.3, -0.25) is 9.78 Å². The molecule has 0 aromatic carbocycles. The van der Waals surface area contributed by atoms with Crippen molar-refractivity contribution in [2.24, 2.45) is 0 Å². The summed E-state index contributed by atoms with van der Waals surface area (Å²) in [7, 11) is 0. The largest absolute Gasteiger partial charge is 0.350 e. The standard InChI is InChI=1S/C13H20ClN3O/c1-9(12(18)17-13(2,3)4)16-7-10-5-6-15-8-11(10)14/h5-6,8-9,16H,7H2,1-4H3,(H,17,18). The molecule has 0 saturated heterocycles. The van der Waals surface area contributed by atoms with Gasteiger partial charge in [0.2, 0.25) is 5.91 Å². The van der Waals surface area contributed by atoms with Crippen molar-refractivity contribution in [3.05, 3.63) is 29.0 Å². The number of hydrogen-bond acceptors (Lipinski definition) is 3. The predicted octanol–water partition coefficient (Wildman–Crippen LogP) is 2.13. The van der Waals surface area contributed by atoms with Gasteiger partial charge >= 0.3 is 0 Å². The van der Waals surface area contributed by atoms with E-state index in [0.29, 0.717) is 11.6 Å². The first-order chi connectivity index (χ1) is 8.29. The van der Waals surface area contributed by atoms with Crippen LogP contribution in [0.15, 0.2) is 18.5 Å². The van der Waals surface area contributed by atoms with Crippen LogP contribution in [0, 0.1) is 0 Å². The van der Waals surface area contributed by atoms with Crippen LogP contribution in [0.4, 0.5) is 0 Å². The van der Waals surface area contributed by atoms with E-state index in [-0.39, 0.29) is 17.5 Å². The van der Waals surface area contributed by atoms with Gasteiger partial charge in [-0.1, -0.05) is 11.6 Å². The Morgan fingerprint density at radius 3 is 2.72 bits per heavy atom. The van der Waals surface area contributed by atoms with Crippen LogP contribution < -0.4 is 10.6 Å². The summed E-state index contributed by atoms with van der Waals surface area (Å²) in [6.07, 6.45) is 3.28. The highest BCUT2D eigenvalue weighted by Crippen LogP contribution is 2.12. The summed E-state index contributed by atoms with van der Waals surface area (Å²) in [4.78, 5) is 15.8. The number of amides is 1. The van der Waals surface area contributed by atoms with Crippen molar-refractivity contribution in [2.45, 2.75) is 45.8 Å². The van der Waals surface area contributed by atoms with Crippen LogP contribution >= 0.6 is 11.6 Å². The number of hydrogen-bond donors (Lipinski definition) is 2. The average Bonchev–Trinajstić information content (AvgIpc) is 2.25. The third-order valence-corrected chi connectivity index (χ3v) is 2.69. The van der Waals surface area contributed by atoms with Gasteiger partial charge < -0.3 is 10.6 Å². The first-order valence-electron chi connectivity index (χ1n) is 5.93. The summed E-state index contributed by atoms with van der Waals surface area (Å²) in [5, 5.41) is 6.67. The van der Waals surface area contributed by atoms with Gasteiger partial charge in [0.25, 0.3) is 0 Å². The van der Waals surface area contributed by atoms with Crippen molar-refractivity contribution in [2.75, 3.05) is 0 Å². The Balaban J connectivity index is 2.49. The molecule has 1 atom stereocenters. The van der Waals surface area contributed by atoms with Gasteiger partial charge in [0.1, 0.15) is 0 Å². The van der Waals surface area contributed by atoms with Crippen LogP contribution in [-0.2, 0) is 11.3 Å². The molecule has 1 rings (SSSR count). The Kier molecular flexibility index (Phi) is 5.11. The quantitative estimate of drug-likeness (QED) is 0.880. The summed E-state index contributed by atoms with van der Waals surface area (Å²) in [6.45, 7) is 8.24. The highest BCUT2D eigenvalue weighted by Gasteiger charge is 2.18. The Morgan fingerprint density at radius 1 is 1.50 bits per heavy atom. The molecule has 1 aromatic heterocycles. The van der Waals surface area contributed by atoms with Crippen LogP contribution in [0.5, 0.6) is 0 Å². The van der Waals surface area contributed by atoms with E-state index in [1.165, 1.54) is 0 Å². The molecule has 0 spiro atoms. The minimum atomic E-state index is -0.270. The molecule has 5 heteroatoms. The minimum Gasteiger partial charge on any atom is -0.350 e. The minimum absolute atomic E-state index is 0.0207. The molecular weight excluding hydrogens is 250 g/mol. The summed E-state index contributed by atoms with van der Waals surface area (Å²) in [5.74, 6) is -0.0207. The number of pyridine rings is 1. The third kappa shape index (κ3) is 5.02. The zero-order chi connectivity index (χ0) is 13.8. The molecule has 0 saturated carbocycles. The second-order valence-corrected chi connectivity index (χ2v) is 5.72. The first-order valence-corrected chi connectivity index (χ1v) is 6.31. The molecule has 1 amide bonds. The molecule has 2 N–H and O–H groups in total. The summed E-state index contributed by atoms with van der Waals surface area (Å²) in [5.41, 5.74) is 0.712. The van der Waals surface area contributed by atoms with Gasteiger partial charge in [-0.15, -0.1) is 0 Å². The smallest absolute Gasteiger partial charge is 0.237 e. The second-order valence-electron chi connectivity index (χ2n) is 5.31. The number of halogens is 1. The number of aromatic nitrogens is 1. The lowest BCUT2D eigenvalue weighted by Gasteiger charge is -2.23. The lowest BCUT2D eigenvalue weighted by molar-refractivity contribution is -0.124. The molecule has 0 aliphatic rings. The summed E-state index contributed by atoms with van der Waals surface area (Å²) < 4.78 is 0. The van der Waals surface area contributed by atoms with Gasteiger partial charge in [0.15, 0.2) is 0 Å². The van der Waals surface area contributed by atoms with E-state index >= 15 is 0 Å². The Morgan fingerprint density at radius 2 is 2.17 bits per heavy atom. The second kappa shape index (κ2) is 6.16. The molecule has 100 valence electrons. The van der Waals surface area contributed by atoms with Gasteiger partial charge in [0.05, 0.1) is 11.1 Å². The van der Waals surface area contributed by atoms with Crippen LogP contribution in [-0.4, -0.2) is 22.5 Å². The topological polar surface area (TPSA) is 54.0 Å². The van der Waals surface area contributed by atoms with E-state index in [1.54, 1.807) is 12.4 Å². The fraction of sp³-hybridized carbons (Fsp3) is 0.538. The molecule has 18 heavy (non-hydrogen) atoms. The molecule has 0 aliphatic carbocycles. The van der Waals surface area contributed by atoms with Crippen molar-refractivity contribution < 1.29 is 4.79 Å². The van der Waals surface area contributed by atoms with E-state index < -0.39 is 0 Å². The molecule has 0 radical (unpaired) electrons. The zero-order valence-electron chi connectivity index (χ0n) is 11.2. The lowest BCUT2D eigenvalue weighted by atomic mass is 10.1. The van der Waals surface area contributed by atoms with Crippen molar-refractivity contribution >= 4 is 17.5 Å². The number of nitrogens with one attached hydrogen (secondary N) is 2. The molecule has 1 unspecified atom stereocenters. The highest BCUT2D eigenvalue weighted by atomic mass is 35.5. The lowest BCUT2D eigenvalue weighted by Crippen LogP contribution is -2.49. The predicted molar refractivity (Wildman–Crippen MR) is 73.4 cm³/mol. The van der Waals surface area contributed by atoms with E-state index in [1.807, 2.05) is 33.8 Å². The van der Waals surface area contributed by atoms with Crippen molar-refractivity contribution in [3.8, 4) is 0 Å². The average molecular weight is 270 g/mol. The Bertz CT molecular complexity index is 415. The molecule has 1 heterocycles.